The smallest absolute Gasteiger partial charge is 0.353 e. The van der Waals surface area contributed by atoms with Crippen molar-refractivity contribution in [2.24, 2.45) is 0 Å². The number of hydrogen-bond acceptors (Lipinski definition) is 5. The van der Waals surface area contributed by atoms with Gasteiger partial charge in [-0.1, -0.05) is 13.0 Å². The van der Waals surface area contributed by atoms with Crippen molar-refractivity contribution in [2.45, 2.75) is 13.3 Å². The lowest BCUT2D eigenvalue weighted by Crippen LogP contribution is -2.05. The van der Waals surface area contributed by atoms with Gasteiger partial charge >= 0.3 is 15.3 Å². The zero-order valence-corrected chi connectivity index (χ0v) is 12.1. The van der Waals surface area contributed by atoms with E-state index in [1.165, 1.54) is 0 Å². The van der Waals surface area contributed by atoms with E-state index in [1.54, 1.807) is 31.4 Å². The van der Waals surface area contributed by atoms with Crippen molar-refractivity contribution in [1.82, 2.24) is 0 Å². The van der Waals surface area contributed by atoms with Crippen LogP contribution in [0.3, 0.4) is 0 Å². The van der Waals surface area contributed by atoms with Crippen LogP contribution < -0.4 is 4.74 Å². The van der Waals surface area contributed by atoms with Gasteiger partial charge < -0.3 is 9.47 Å². The maximum Gasteiger partial charge on any atom is 0.353 e. The van der Waals surface area contributed by atoms with Crippen LogP contribution in [0.15, 0.2) is 24.3 Å². The Bertz CT molecular complexity index is 492. The Balaban J connectivity index is 0.000000555. The molecule has 0 saturated heterocycles. The van der Waals surface area contributed by atoms with Crippen molar-refractivity contribution in [3.05, 3.63) is 29.8 Å². The van der Waals surface area contributed by atoms with E-state index in [0.29, 0.717) is 17.9 Å². The van der Waals surface area contributed by atoms with Crippen LogP contribution in [0.5, 0.6) is 5.75 Å². The van der Waals surface area contributed by atoms with Crippen LogP contribution in [0.1, 0.15) is 23.7 Å². The first-order valence-electron chi connectivity index (χ1n) is 5.26. The van der Waals surface area contributed by atoms with Gasteiger partial charge in [0.2, 0.25) is 0 Å². The number of hydrogen-bond donors (Lipinski definition) is 1. The first-order valence-corrected chi connectivity index (χ1v) is 7.52. The molecule has 0 aliphatic carbocycles. The van der Waals surface area contributed by atoms with E-state index in [0.717, 1.165) is 6.42 Å². The number of ether oxygens (including phenoxy) is 2. The van der Waals surface area contributed by atoms with Crippen LogP contribution in [0.2, 0.25) is 0 Å². The van der Waals surface area contributed by atoms with Crippen molar-refractivity contribution in [2.75, 3.05) is 13.7 Å². The maximum atomic E-state index is 11.4. The van der Waals surface area contributed by atoms with Crippen LogP contribution >= 0.6 is 10.7 Å². The van der Waals surface area contributed by atoms with Crippen molar-refractivity contribution < 1.29 is 27.2 Å². The predicted octanol–water partition coefficient (Wildman–Crippen LogP) is 2.29. The number of benzene rings is 1. The van der Waals surface area contributed by atoms with Crippen LogP contribution in [0.25, 0.3) is 0 Å². The third-order valence-electron chi connectivity index (χ3n) is 1.74. The number of methoxy groups -OCH3 is 1. The number of halogens is 1. The fraction of sp³-hybridized carbons (Fsp3) is 0.364. The largest absolute Gasteiger partial charge is 0.497 e. The minimum atomic E-state index is -4.19. The average molecular weight is 311 g/mol. The van der Waals surface area contributed by atoms with E-state index in [9.17, 15) is 4.79 Å². The van der Waals surface area contributed by atoms with Crippen LogP contribution in [0.4, 0.5) is 0 Å². The average Bonchev–Trinajstić information content (AvgIpc) is 2.34. The number of carbonyl (C=O) groups is 1. The predicted molar refractivity (Wildman–Crippen MR) is 71.0 cm³/mol. The fourth-order valence-corrected chi connectivity index (χ4v) is 1.03. The van der Waals surface area contributed by atoms with Crippen LogP contribution in [-0.4, -0.2) is 32.7 Å². The molecule has 1 rings (SSSR count). The first kappa shape index (κ1) is 17.7. The zero-order valence-electron chi connectivity index (χ0n) is 10.5. The molecule has 6 nitrogen and oxygen atoms in total. The molecule has 1 aromatic rings. The van der Waals surface area contributed by atoms with Gasteiger partial charge in [0.1, 0.15) is 5.75 Å². The van der Waals surface area contributed by atoms with E-state index in [4.69, 9.17) is 22.4 Å². The molecule has 0 saturated carbocycles. The van der Waals surface area contributed by atoms with Gasteiger partial charge in [-0.15, -0.1) is 0 Å². The topological polar surface area (TPSA) is 89.9 Å². The Morgan fingerprint density at radius 1 is 1.42 bits per heavy atom. The Labute approximate surface area is 116 Å². The summed E-state index contributed by atoms with van der Waals surface area (Å²) in [5.74, 6) is 0.363. The summed E-state index contributed by atoms with van der Waals surface area (Å²) in [7, 11) is 1.43. The van der Waals surface area contributed by atoms with Gasteiger partial charge in [0.05, 0.1) is 19.3 Å². The Kier molecular flexibility index (Phi) is 8.13. The van der Waals surface area contributed by atoms with Crippen molar-refractivity contribution in [1.29, 1.82) is 0 Å². The zero-order chi connectivity index (χ0) is 14.9. The molecular formula is C11H15ClO6S. The SMILES string of the molecule is CCCOC(=O)c1cccc(OC)c1.O=S(=O)(O)Cl. The molecule has 0 aliphatic rings. The second kappa shape index (κ2) is 8.73. The van der Waals surface area contributed by atoms with Crippen molar-refractivity contribution >= 4 is 26.0 Å². The van der Waals surface area contributed by atoms with E-state index >= 15 is 0 Å². The van der Waals surface area contributed by atoms with E-state index in [-0.39, 0.29) is 5.97 Å². The third kappa shape index (κ3) is 10.3. The highest BCUT2D eigenvalue weighted by Gasteiger charge is 2.06. The molecule has 0 unspecified atom stereocenters. The van der Waals surface area contributed by atoms with E-state index in [1.807, 2.05) is 6.92 Å². The molecule has 19 heavy (non-hydrogen) atoms. The molecule has 108 valence electrons. The normalized spacial score (nSPS) is 10.1. The summed E-state index contributed by atoms with van der Waals surface area (Å²) in [4.78, 5) is 11.4. The van der Waals surface area contributed by atoms with E-state index < -0.39 is 9.33 Å². The summed E-state index contributed by atoms with van der Waals surface area (Å²) in [5.41, 5.74) is 0.526. The molecule has 1 N–H and O–H groups in total. The second-order valence-corrected chi connectivity index (χ2v) is 5.27. The number of esters is 1. The van der Waals surface area contributed by atoms with Crippen LogP contribution in [0, 0.1) is 0 Å². The van der Waals surface area contributed by atoms with E-state index in [2.05, 4.69) is 10.7 Å². The Morgan fingerprint density at radius 3 is 2.47 bits per heavy atom. The van der Waals surface area contributed by atoms with Gasteiger partial charge in [0, 0.05) is 10.7 Å². The lowest BCUT2D eigenvalue weighted by Gasteiger charge is -2.04. The van der Waals surface area contributed by atoms with Gasteiger partial charge in [0.25, 0.3) is 0 Å². The molecular weight excluding hydrogens is 296 g/mol. The monoisotopic (exact) mass is 310 g/mol. The molecule has 8 heteroatoms. The first-order chi connectivity index (χ1) is 8.77. The van der Waals surface area contributed by atoms with Gasteiger partial charge in [-0.2, -0.15) is 8.42 Å². The molecule has 0 heterocycles. The van der Waals surface area contributed by atoms with Crippen molar-refractivity contribution in [3.8, 4) is 5.75 Å². The highest BCUT2D eigenvalue weighted by atomic mass is 35.7. The summed E-state index contributed by atoms with van der Waals surface area (Å²) in [6, 6.07) is 6.93. The highest BCUT2D eigenvalue weighted by Crippen LogP contribution is 2.13. The molecule has 0 aliphatic heterocycles. The lowest BCUT2D eigenvalue weighted by molar-refractivity contribution is 0.0504. The lowest BCUT2D eigenvalue weighted by atomic mass is 10.2. The van der Waals surface area contributed by atoms with Gasteiger partial charge in [-0.3, -0.25) is 4.55 Å². The summed E-state index contributed by atoms with van der Waals surface area (Å²) in [6.45, 7) is 2.41. The van der Waals surface area contributed by atoms with Gasteiger partial charge in [-0.05, 0) is 24.6 Å². The maximum absolute atomic E-state index is 11.4. The minimum Gasteiger partial charge on any atom is -0.497 e. The van der Waals surface area contributed by atoms with Gasteiger partial charge in [0.15, 0.2) is 0 Å². The summed E-state index contributed by atoms with van der Waals surface area (Å²) in [6.07, 6.45) is 0.829. The second-order valence-electron chi connectivity index (χ2n) is 3.28. The number of carbonyl (C=O) groups excluding carboxylic acids is 1. The number of rotatable bonds is 4. The molecule has 1 aromatic carbocycles. The molecule has 0 fully saturated rings. The standard InChI is InChI=1S/C11H14O3.ClHO3S/c1-3-7-14-11(12)9-5-4-6-10(8-9)13-2;1-5(2,3)4/h4-6,8H,3,7H2,1-2H3;(H,2,3,4). The molecule has 0 bridgehead atoms. The quantitative estimate of drug-likeness (QED) is 0.521. The van der Waals surface area contributed by atoms with Crippen molar-refractivity contribution in [3.63, 3.8) is 0 Å². The molecule has 0 aromatic heterocycles. The Morgan fingerprint density at radius 2 is 2.00 bits per heavy atom. The van der Waals surface area contributed by atoms with Crippen LogP contribution in [-0.2, 0) is 14.1 Å². The summed E-state index contributed by atoms with van der Waals surface area (Å²) in [5, 5.41) is 0. The molecule has 0 radical (unpaired) electrons. The molecule has 0 atom stereocenters. The molecule has 0 amide bonds. The minimum absolute atomic E-state index is 0.300. The summed E-state index contributed by atoms with van der Waals surface area (Å²) < 4.78 is 35.1. The third-order valence-corrected chi connectivity index (χ3v) is 1.74. The highest BCUT2D eigenvalue weighted by molar-refractivity contribution is 8.09. The summed E-state index contributed by atoms with van der Waals surface area (Å²) >= 11 is 0. The molecule has 0 spiro atoms. The van der Waals surface area contributed by atoms with Gasteiger partial charge in [-0.25, -0.2) is 4.79 Å². The Hall–Kier alpha value is -1.31. The fourth-order valence-electron chi connectivity index (χ4n) is 1.03.